The van der Waals surface area contributed by atoms with E-state index in [0.29, 0.717) is 5.52 Å². The monoisotopic (exact) mass is 274 g/mol. The highest BCUT2D eigenvalue weighted by molar-refractivity contribution is 5.85. The molecule has 0 saturated heterocycles. The van der Waals surface area contributed by atoms with E-state index in [0.717, 1.165) is 29.7 Å². The summed E-state index contributed by atoms with van der Waals surface area (Å²) < 4.78 is 13.6. The van der Waals surface area contributed by atoms with E-state index in [1.54, 1.807) is 6.07 Å². The molecule has 0 fully saturated rings. The zero-order chi connectivity index (χ0) is 14.9. The summed E-state index contributed by atoms with van der Waals surface area (Å²) in [7, 11) is 0. The summed E-state index contributed by atoms with van der Waals surface area (Å²) in [5.74, 6) is 0.643. The van der Waals surface area contributed by atoms with Gasteiger partial charge in [-0.25, -0.2) is 9.37 Å². The van der Waals surface area contributed by atoms with Gasteiger partial charge in [0, 0.05) is 23.6 Å². The quantitative estimate of drug-likeness (QED) is 0.869. The molecule has 0 spiro atoms. The molecular weight excluding hydrogens is 251 g/mol. The Morgan fingerprint density at radius 2 is 1.90 bits per heavy atom. The third-order valence-electron chi connectivity index (χ3n) is 3.46. The summed E-state index contributed by atoms with van der Waals surface area (Å²) >= 11 is 0. The Morgan fingerprint density at radius 1 is 1.20 bits per heavy atom. The van der Waals surface area contributed by atoms with E-state index in [1.165, 1.54) is 11.6 Å². The van der Waals surface area contributed by atoms with Gasteiger partial charge in [0.05, 0.1) is 5.52 Å². The van der Waals surface area contributed by atoms with Gasteiger partial charge in [-0.2, -0.15) is 0 Å². The zero-order valence-corrected chi connectivity index (χ0v) is 13.0. The minimum Gasteiger partial charge on any atom is -0.370 e. The number of hydrogen-bond donors (Lipinski definition) is 1. The van der Waals surface area contributed by atoms with Crippen LogP contribution in [0.15, 0.2) is 18.2 Å². The van der Waals surface area contributed by atoms with Crippen LogP contribution in [0.1, 0.15) is 45.2 Å². The standard InChI is InChI=1S/C17H23FN2/c1-6-7-19-16-14(17(3,4)5)10-13-11(2)8-12(18)9-15(13)20-16/h8-10H,6-7H2,1-5H3,(H,19,20). The third kappa shape index (κ3) is 2.92. The van der Waals surface area contributed by atoms with E-state index in [1.807, 2.05) is 6.92 Å². The van der Waals surface area contributed by atoms with Crippen LogP contribution < -0.4 is 5.32 Å². The molecule has 1 aromatic heterocycles. The van der Waals surface area contributed by atoms with Gasteiger partial charge < -0.3 is 5.32 Å². The van der Waals surface area contributed by atoms with E-state index in [-0.39, 0.29) is 11.2 Å². The molecule has 0 bridgehead atoms. The molecular formula is C17H23FN2. The maximum absolute atomic E-state index is 13.6. The van der Waals surface area contributed by atoms with Crippen molar-refractivity contribution < 1.29 is 4.39 Å². The van der Waals surface area contributed by atoms with Crippen molar-refractivity contribution in [2.24, 2.45) is 0 Å². The molecule has 0 radical (unpaired) electrons. The van der Waals surface area contributed by atoms with Gasteiger partial charge in [-0.3, -0.25) is 0 Å². The number of nitrogens with zero attached hydrogens (tertiary/aromatic N) is 1. The molecule has 1 N–H and O–H groups in total. The fourth-order valence-electron chi connectivity index (χ4n) is 2.36. The molecule has 108 valence electrons. The Bertz CT molecular complexity index is 627. The van der Waals surface area contributed by atoms with Gasteiger partial charge in [0.15, 0.2) is 0 Å². The molecule has 2 rings (SSSR count). The van der Waals surface area contributed by atoms with Crippen LogP contribution in [-0.2, 0) is 5.41 Å². The molecule has 20 heavy (non-hydrogen) atoms. The first-order chi connectivity index (χ1) is 9.32. The van der Waals surface area contributed by atoms with E-state index in [2.05, 4.69) is 44.1 Å². The summed E-state index contributed by atoms with van der Waals surface area (Å²) in [5, 5.41) is 4.39. The van der Waals surface area contributed by atoms with Crippen LogP contribution in [0.3, 0.4) is 0 Å². The lowest BCUT2D eigenvalue weighted by Crippen LogP contribution is -2.16. The highest BCUT2D eigenvalue weighted by atomic mass is 19.1. The molecule has 0 atom stereocenters. The number of pyridine rings is 1. The molecule has 0 amide bonds. The van der Waals surface area contributed by atoms with Crippen LogP contribution >= 0.6 is 0 Å². The molecule has 0 saturated carbocycles. The number of fused-ring (bicyclic) bond motifs is 1. The first-order valence-corrected chi connectivity index (χ1v) is 7.18. The third-order valence-corrected chi connectivity index (χ3v) is 3.46. The number of anilines is 1. The van der Waals surface area contributed by atoms with Gasteiger partial charge in [-0.1, -0.05) is 27.7 Å². The SMILES string of the molecule is CCCNc1nc2cc(F)cc(C)c2cc1C(C)(C)C. The molecule has 0 aliphatic heterocycles. The van der Waals surface area contributed by atoms with Crippen LogP contribution in [0.25, 0.3) is 10.9 Å². The predicted octanol–water partition coefficient (Wildman–Crippen LogP) is 4.80. The second-order valence-corrected chi connectivity index (χ2v) is 6.35. The Kier molecular flexibility index (Phi) is 3.98. The molecule has 3 heteroatoms. The lowest BCUT2D eigenvalue weighted by molar-refractivity contribution is 0.590. The minimum atomic E-state index is -0.229. The summed E-state index contributed by atoms with van der Waals surface area (Å²) in [6.45, 7) is 11.4. The molecule has 0 aliphatic carbocycles. The fourth-order valence-corrected chi connectivity index (χ4v) is 2.36. The van der Waals surface area contributed by atoms with Gasteiger partial charge in [-0.05, 0) is 36.5 Å². The molecule has 2 aromatic rings. The molecule has 2 nitrogen and oxygen atoms in total. The van der Waals surface area contributed by atoms with Gasteiger partial charge >= 0.3 is 0 Å². The minimum absolute atomic E-state index is 0.00189. The number of hydrogen-bond acceptors (Lipinski definition) is 2. The van der Waals surface area contributed by atoms with Crippen molar-refractivity contribution in [3.63, 3.8) is 0 Å². The smallest absolute Gasteiger partial charge is 0.130 e. The van der Waals surface area contributed by atoms with Crippen molar-refractivity contribution in [2.45, 2.75) is 46.5 Å². The van der Waals surface area contributed by atoms with Crippen molar-refractivity contribution in [1.29, 1.82) is 0 Å². The first kappa shape index (κ1) is 14.8. The van der Waals surface area contributed by atoms with E-state index in [9.17, 15) is 4.39 Å². The number of nitrogens with one attached hydrogen (secondary N) is 1. The molecule has 0 unspecified atom stereocenters. The van der Waals surface area contributed by atoms with Crippen molar-refractivity contribution in [2.75, 3.05) is 11.9 Å². The lowest BCUT2D eigenvalue weighted by Gasteiger charge is -2.23. The number of aromatic nitrogens is 1. The van der Waals surface area contributed by atoms with Gasteiger partial charge in [-0.15, -0.1) is 0 Å². The molecule has 1 heterocycles. The normalized spacial score (nSPS) is 11.9. The summed E-state index contributed by atoms with van der Waals surface area (Å²) in [4.78, 5) is 4.65. The topological polar surface area (TPSA) is 24.9 Å². The Morgan fingerprint density at radius 3 is 2.50 bits per heavy atom. The van der Waals surface area contributed by atoms with Crippen molar-refractivity contribution >= 4 is 16.7 Å². The highest BCUT2D eigenvalue weighted by Crippen LogP contribution is 2.32. The molecule has 1 aromatic carbocycles. The Balaban J connectivity index is 2.68. The Hall–Kier alpha value is -1.64. The van der Waals surface area contributed by atoms with Crippen molar-refractivity contribution in [3.8, 4) is 0 Å². The van der Waals surface area contributed by atoms with Gasteiger partial charge in [0.25, 0.3) is 0 Å². The predicted molar refractivity (Wildman–Crippen MR) is 83.9 cm³/mol. The van der Waals surface area contributed by atoms with Crippen LogP contribution in [0.4, 0.5) is 10.2 Å². The summed E-state index contributed by atoms with van der Waals surface area (Å²) in [6.07, 6.45) is 1.03. The second kappa shape index (κ2) is 5.39. The first-order valence-electron chi connectivity index (χ1n) is 7.18. The maximum atomic E-state index is 13.6. The number of rotatable bonds is 3. The fraction of sp³-hybridized carbons (Fsp3) is 0.471. The number of halogens is 1. The van der Waals surface area contributed by atoms with Crippen LogP contribution in [-0.4, -0.2) is 11.5 Å². The van der Waals surface area contributed by atoms with Crippen LogP contribution in [0.2, 0.25) is 0 Å². The van der Waals surface area contributed by atoms with Crippen LogP contribution in [0, 0.1) is 12.7 Å². The van der Waals surface area contributed by atoms with Gasteiger partial charge in [0.1, 0.15) is 11.6 Å². The largest absolute Gasteiger partial charge is 0.370 e. The lowest BCUT2D eigenvalue weighted by atomic mass is 9.86. The molecule has 0 aliphatic rings. The zero-order valence-electron chi connectivity index (χ0n) is 13.0. The highest BCUT2D eigenvalue weighted by Gasteiger charge is 2.20. The van der Waals surface area contributed by atoms with Crippen molar-refractivity contribution in [3.05, 3.63) is 35.1 Å². The average Bonchev–Trinajstić information content (AvgIpc) is 2.33. The van der Waals surface area contributed by atoms with Gasteiger partial charge in [0.2, 0.25) is 0 Å². The average molecular weight is 274 g/mol. The summed E-state index contributed by atoms with van der Waals surface area (Å²) in [5.41, 5.74) is 2.82. The second-order valence-electron chi connectivity index (χ2n) is 6.35. The number of aryl methyl sites for hydroxylation is 1. The summed E-state index contributed by atoms with van der Waals surface area (Å²) in [6, 6.07) is 5.22. The maximum Gasteiger partial charge on any atom is 0.130 e. The van der Waals surface area contributed by atoms with E-state index < -0.39 is 0 Å². The van der Waals surface area contributed by atoms with Crippen molar-refractivity contribution in [1.82, 2.24) is 4.98 Å². The van der Waals surface area contributed by atoms with Crippen LogP contribution in [0.5, 0.6) is 0 Å². The number of benzene rings is 1. The van der Waals surface area contributed by atoms with E-state index >= 15 is 0 Å². The van der Waals surface area contributed by atoms with E-state index in [4.69, 9.17) is 0 Å². The Labute approximate surface area is 120 Å².